The lowest BCUT2D eigenvalue weighted by Crippen LogP contribution is -2.19. The summed E-state index contributed by atoms with van der Waals surface area (Å²) >= 11 is 0. The summed E-state index contributed by atoms with van der Waals surface area (Å²) in [6.07, 6.45) is 5.67. The van der Waals surface area contributed by atoms with Crippen LogP contribution in [0.2, 0.25) is 0 Å². The number of rotatable bonds is 6. The molecule has 1 N–H and O–H groups in total. The molecule has 4 rings (SSSR count). The van der Waals surface area contributed by atoms with Crippen molar-refractivity contribution in [1.82, 2.24) is 9.13 Å². The number of imidazole rings is 1. The van der Waals surface area contributed by atoms with Crippen LogP contribution in [-0.4, -0.2) is 23.5 Å². The lowest BCUT2D eigenvalue weighted by Gasteiger charge is -2.14. The number of aromatic nitrogens is 2. The summed E-state index contributed by atoms with van der Waals surface area (Å²) in [5, 5.41) is 2.75. The number of halogens is 1. The van der Waals surface area contributed by atoms with Gasteiger partial charge >= 0.3 is 5.69 Å². The SMILES string of the molecule is Cn1c(=O)n(C)c2cc(S(=O)(=O)c3ccc(F)cc3)c(NC(=O)CCC3CCCC3)cc21. The number of amides is 1. The topological polar surface area (TPSA) is 90.2 Å². The van der Waals surface area contributed by atoms with Gasteiger partial charge in [-0.05, 0) is 48.7 Å². The summed E-state index contributed by atoms with van der Waals surface area (Å²) in [5.74, 6) is -0.293. The normalized spacial score (nSPS) is 14.8. The molecule has 1 aromatic heterocycles. The first kappa shape index (κ1) is 22.3. The minimum absolute atomic E-state index is 0.0966. The number of nitrogens with zero attached hydrogens (tertiary/aromatic N) is 2. The molecule has 1 aliphatic rings. The lowest BCUT2D eigenvalue weighted by atomic mass is 10.0. The van der Waals surface area contributed by atoms with E-state index in [1.54, 1.807) is 14.1 Å². The van der Waals surface area contributed by atoms with Crippen LogP contribution in [0.3, 0.4) is 0 Å². The number of benzene rings is 2. The van der Waals surface area contributed by atoms with Crippen LogP contribution in [0, 0.1) is 11.7 Å². The zero-order valence-corrected chi connectivity index (χ0v) is 18.9. The minimum Gasteiger partial charge on any atom is -0.325 e. The van der Waals surface area contributed by atoms with Crippen LogP contribution in [0.1, 0.15) is 38.5 Å². The predicted molar refractivity (Wildman–Crippen MR) is 120 cm³/mol. The summed E-state index contributed by atoms with van der Waals surface area (Å²) in [5.41, 5.74) is 0.720. The average molecular weight is 460 g/mol. The lowest BCUT2D eigenvalue weighted by molar-refractivity contribution is -0.116. The van der Waals surface area contributed by atoms with Gasteiger partial charge in [0.15, 0.2) is 0 Å². The number of aryl methyl sites for hydroxylation is 2. The van der Waals surface area contributed by atoms with Crippen molar-refractivity contribution in [2.75, 3.05) is 5.32 Å². The molecule has 0 saturated heterocycles. The summed E-state index contributed by atoms with van der Waals surface area (Å²) in [7, 11) is -0.938. The van der Waals surface area contributed by atoms with E-state index in [1.807, 2.05) is 0 Å². The van der Waals surface area contributed by atoms with Crippen LogP contribution in [0.4, 0.5) is 10.1 Å². The number of nitrogens with one attached hydrogen (secondary N) is 1. The van der Waals surface area contributed by atoms with Gasteiger partial charge in [-0.25, -0.2) is 17.6 Å². The van der Waals surface area contributed by atoms with E-state index in [9.17, 15) is 22.4 Å². The second kappa shape index (κ2) is 8.54. The predicted octanol–water partition coefficient (Wildman–Crippen LogP) is 3.76. The monoisotopic (exact) mass is 459 g/mol. The van der Waals surface area contributed by atoms with Crippen molar-refractivity contribution < 1.29 is 17.6 Å². The van der Waals surface area contributed by atoms with Crippen molar-refractivity contribution >= 4 is 32.5 Å². The molecular weight excluding hydrogens is 433 g/mol. The van der Waals surface area contributed by atoms with E-state index in [-0.39, 0.29) is 27.1 Å². The summed E-state index contributed by atoms with van der Waals surface area (Å²) in [6, 6.07) is 7.42. The van der Waals surface area contributed by atoms with Gasteiger partial charge in [-0.2, -0.15) is 0 Å². The third kappa shape index (κ3) is 4.09. The highest BCUT2D eigenvalue weighted by molar-refractivity contribution is 7.91. The van der Waals surface area contributed by atoms with Gasteiger partial charge in [0, 0.05) is 20.5 Å². The van der Waals surface area contributed by atoms with Crippen molar-refractivity contribution in [3.8, 4) is 0 Å². The third-order valence-electron chi connectivity index (χ3n) is 6.32. The fourth-order valence-corrected chi connectivity index (χ4v) is 5.85. The number of fused-ring (bicyclic) bond motifs is 1. The van der Waals surface area contributed by atoms with E-state index in [2.05, 4.69) is 5.32 Å². The summed E-state index contributed by atoms with van der Waals surface area (Å²) in [4.78, 5) is 24.9. The Bertz CT molecular complexity index is 1330. The Kier molecular flexibility index (Phi) is 5.94. The van der Waals surface area contributed by atoms with Gasteiger partial charge in [-0.15, -0.1) is 0 Å². The minimum atomic E-state index is -4.08. The Morgan fingerprint density at radius 3 is 2.28 bits per heavy atom. The van der Waals surface area contributed by atoms with Crippen molar-refractivity contribution in [2.24, 2.45) is 20.0 Å². The molecule has 1 heterocycles. The second-order valence-corrected chi connectivity index (χ2v) is 10.4. The molecule has 1 amide bonds. The van der Waals surface area contributed by atoms with Crippen LogP contribution in [0.25, 0.3) is 11.0 Å². The quantitative estimate of drug-likeness (QED) is 0.569. The average Bonchev–Trinajstić information content (AvgIpc) is 3.36. The maximum absolute atomic E-state index is 13.4. The Labute approximate surface area is 185 Å². The van der Waals surface area contributed by atoms with Crippen molar-refractivity contribution in [2.45, 2.75) is 48.3 Å². The highest BCUT2D eigenvalue weighted by atomic mass is 32.2. The van der Waals surface area contributed by atoms with Crippen LogP contribution >= 0.6 is 0 Å². The third-order valence-corrected chi connectivity index (χ3v) is 8.12. The second-order valence-electron chi connectivity index (χ2n) is 8.43. The van der Waals surface area contributed by atoms with Gasteiger partial charge in [0.2, 0.25) is 15.7 Å². The molecule has 0 radical (unpaired) electrons. The van der Waals surface area contributed by atoms with E-state index in [0.29, 0.717) is 23.4 Å². The first-order valence-corrected chi connectivity index (χ1v) is 12.2. The fraction of sp³-hybridized carbons (Fsp3) is 0.391. The van der Waals surface area contributed by atoms with Gasteiger partial charge in [0.1, 0.15) is 5.82 Å². The maximum Gasteiger partial charge on any atom is 0.328 e. The molecular formula is C23H26FN3O4S. The van der Waals surface area contributed by atoms with Crippen LogP contribution in [0.15, 0.2) is 51.0 Å². The smallest absolute Gasteiger partial charge is 0.325 e. The van der Waals surface area contributed by atoms with Crippen molar-refractivity contribution in [3.05, 3.63) is 52.7 Å². The first-order chi connectivity index (χ1) is 15.2. The van der Waals surface area contributed by atoms with Crippen molar-refractivity contribution in [1.29, 1.82) is 0 Å². The largest absolute Gasteiger partial charge is 0.328 e. The molecule has 0 aliphatic heterocycles. The van der Waals surface area contributed by atoms with Crippen LogP contribution < -0.4 is 11.0 Å². The molecule has 0 atom stereocenters. The van der Waals surface area contributed by atoms with Crippen molar-refractivity contribution in [3.63, 3.8) is 0 Å². The number of hydrogen-bond donors (Lipinski definition) is 1. The van der Waals surface area contributed by atoms with E-state index in [4.69, 9.17) is 0 Å². The Morgan fingerprint density at radius 1 is 1.06 bits per heavy atom. The molecule has 2 aromatic carbocycles. The zero-order chi connectivity index (χ0) is 23.0. The van der Waals surface area contributed by atoms with E-state index >= 15 is 0 Å². The standard InChI is InChI=1S/C23H26FN3O4S/c1-26-19-13-18(25-22(28)12-7-15-5-3-4-6-15)21(14-20(19)27(2)23(26)29)32(30,31)17-10-8-16(24)9-11-17/h8-11,13-15H,3-7,12H2,1-2H3,(H,25,28). The van der Waals surface area contributed by atoms with Gasteiger partial charge < -0.3 is 5.32 Å². The molecule has 0 bridgehead atoms. The molecule has 1 fully saturated rings. The highest BCUT2D eigenvalue weighted by Crippen LogP contribution is 2.33. The molecule has 1 saturated carbocycles. The first-order valence-electron chi connectivity index (χ1n) is 10.7. The highest BCUT2D eigenvalue weighted by Gasteiger charge is 2.25. The number of carbonyl (C=O) groups is 1. The fourth-order valence-electron chi connectivity index (χ4n) is 4.43. The molecule has 7 nitrogen and oxygen atoms in total. The molecule has 9 heteroatoms. The molecule has 170 valence electrons. The molecule has 1 aliphatic carbocycles. The van der Waals surface area contributed by atoms with Gasteiger partial charge in [0.25, 0.3) is 0 Å². The van der Waals surface area contributed by atoms with Gasteiger partial charge in [-0.3, -0.25) is 13.9 Å². The van der Waals surface area contributed by atoms with Crippen LogP contribution in [-0.2, 0) is 28.7 Å². The molecule has 3 aromatic rings. The number of sulfone groups is 1. The Hall–Kier alpha value is -2.94. The number of anilines is 1. The van der Waals surface area contributed by atoms with Gasteiger partial charge in [-0.1, -0.05) is 25.7 Å². The molecule has 0 spiro atoms. The maximum atomic E-state index is 13.4. The number of carbonyl (C=O) groups excluding carboxylic acids is 1. The summed E-state index contributed by atoms with van der Waals surface area (Å²) in [6.45, 7) is 0. The Morgan fingerprint density at radius 2 is 1.66 bits per heavy atom. The zero-order valence-electron chi connectivity index (χ0n) is 18.1. The number of hydrogen-bond acceptors (Lipinski definition) is 4. The molecule has 0 unspecified atom stereocenters. The van der Waals surface area contributed by atoms with Gasteiger partial charge in [0.05, 0.1) is 26.5 Å². The summed E-state index contributed by atoms with van der Waals surface area (Å²) < 4.78 is 42.9. The van der Waals surface area contributed by atoms with E-state index < -0.39 is 15.7 Å². The van der Waals surface area contributed by atoms with Crippen LogP contribution in [0.5, 0.6) is 0 Å². The van der Waals surface area contributed by atoms with E-state index in [1.165, 1.54) is 46.2 Å². The molecule has 32 heavy (non-hydrogen) atoms. The van der Waals surface area contributed by atoms with E-state index in [0.717, 1.165) is 31.4 Å². The Balaban J connectivity index is 1.77.